The Morgan fingerprint density at radius 3 is 1.73 bits per heavy atom. The van der Waals surface area contributed by atoms with Crippen LogP contribution in [0.3, 0.4) is 0 Å². The van der Waals surface area contributed by atoms with Crippen molar-refractivity contribution in [3.8, 4) is 0 Å². The number of aliphatic hydroxyl groups is 1. The summed E-state index contributed by atoms with van der Waals surface area (Å²) in [6, 6.07) is 28.7. The number of carbonyl (C=O) groups excluding carboxylic acids is 1. The molecule has 1 saturated heterocycles. The van der Waals surface area contributed by atoms with Crippen LogP contribution in [0, 0.1) is 5.92 Å². The highest BCUT2D eigenvalue weighted by molar-refractivity contribution is 5.98. The summed E-state index contributed by atoms with van der Waals surface area (Å²) in [6.45, 7) is 0.607. The van der Waals surface area contributed by atoms with Gasteiger partial charge < -0.3 is 10.0 Å². The summed E-state index contributed by atoms with van der Waals surface area (Å²) in [5, 5.41) is 11.8. The number of amides is 1. The van der Waals surface area contributed by atoms with E-state index in [9.17, 15) is 9.90 Å². The number of para-hydroxylation sites is 1. The fourth-order valence-electron chi connectivity index (χ4n) is 3.89. The lowest BCUT2D eigenvalue weighted by Gasteiger charge is -2.34. The molecule has 1 atom stereocenters. The third-order valence-electron chi connectivity index (χ3n) is 5.21. The molecular formula is C23H21NO2. The van der Waals surface area contributed by atoms with E-state index in [1.807, 2.05) is 91.0 Å². The smallest absolute Gasteiger partial charge is 0.233 e. The van der Waals surface area contributed by atoms with Crippen molar-refractivity contribution >= 4 is 11.6 Å². The summed E-state index contributed by atoms with van der Waals surface area (Å²) in [6.07, 6.45) is 0.605. The Labute approximate surface area is 153 Å². The average Bonchev–Trinajstić information content (AvgIpc) is 3.11. The van der Waals surface area contributed by atoms with E-state index in [0.717, 1.165) is 16.8 Å². The Bertz CT molecular complexity index is 838. The lowest BCUT2D eigenvalue weighted by atomic mass is 9.75. The van der Waals surface area contributed by atoms with Crippen molar-refractivity contribution < 1.29 is 9.90 Å². The minimum Gasteiger partial charge on any atom is -0.380 e. The number of benzene rings is 3. The molecule has 130 valence electrons. The first-order chi connectivity index (χ1) is 12.7. The zero-order valence-electron chi connectivity index (χ0n) is 14.5. The van der Waals surface area contributed by atoms with Gasteiger partial charge in [0, 0.05) is 12.2 Å². The van der Waals surface area contributed by atoms with Gasteiger partial charge in [0.2, 0.25) is 5.91 Å². The van der Waals surface area contributed by atoms with Crippen LogP contribution in [-0.4, -0.2) is 17.6 Å². The van der Waals surface area contributed by atoms with E-state index in [1.54, 1.807) is 4.90 Å². The lowest BCUT2D eigenvalue weighted by Crippen LogP contribution is -2.41. The first-order valence-corrected chi connectivity index (χ1v) is 8.91. The minimum absolute atomic E-state index is 0.0357. The molecule has 4 rings (SSSR count). The molecule has 26 heavy (non-hydrogen) atoms. The molecule has 1 heterocycles. The standard InChI is InChI=1S/C23H21NO2/c25-22-21(16-17-24(22)20-14-8-3-9-15-20)23(26,18-10-4-1-5-11-18)19-12-6-2-7-13-19/h1-15,21,26H,16-17H2. The molecule has 0 radical (unpaired) electrons. The number of nitrogens with zero attached hydrogens (tertiary/aromatic N) is 1. The van der Waals surface area contributed by atoms with E-state index >= 15 is 0 Å². The van der Waals surface area contributed by atoms with Crippen LogP contribution in [0.1, 0.15) is 17.5 Å². The average molecular weight is 343 g/mol. The van der Waals surface area contributed by atoms with Gasteiger partial charge in [-0.2, -0.15) is 0 Å². The first kappa shape index (κ1) is 16.6. The minimum atomic E-state index is -1.34. The monoisotopic (exact) mass is 343 g/mol. The van der Waals surface area contributed by atoms with Crippen LogP contribution in [-0.2, 0) is 10.4 Å². The van der Waals surface area contributed by atoms with Crippen molar-refractivity contribution in [3.05, 3.63) is 102 Å². The Balaban J connectivity index is 1.78. The fraction of sp³-hybridized carbons (Fsp3) is 0.174. The number of hydrogen-bond donors (Lipinski definition) is 1. The molecule has 1 aliphatic heterocycles. The number of rotatable bonds is 4. The van der Waals surface area contributed by atoms with Crippen molar-refractivity contribution in [1.82, 2.24) is 0 Å². The van der Waals surface area contributed by atoms with Gasteiger partial charge >= 0.3 is 0 Å². The van der Waals surface area contributed by atoms with Gasteiger partial charge in [0.25, 0.3) is 0 Å². The maximum absolute atomic E-state index is 13.3. The molecule has 1 fully saturated rings. The number of hydrogen-bond acceptors (Lipinski definition) is 2. The highest BCUT2D eigenvalue weighted by Gasteiger charge is 2.49. The molecule has 3 aromatic rings. The SMILES string of the molecule is O=C1C(C(O)(c2ccccc2)c2ccccc2)CCN1c1ccccc1. The summed E-state index contributed by atoms with van der Waals surface area (Å²) in [7, 11) is 0. The maximum atomic E-state index is 13.3. The summed E-state index contributed by atoms with van der Waals surface area (Å²) in [5.41, 5.74) is 1.03. The molecule has 3 heteroatoms. The maximum Gasteiger partial charge on any atom is 0.233 e. The van der Waals surface area contributed by atoms with Crippen molar-refractivity contribution in [1.29, 1.82) is 0 Å². The molecule has 0 bridgehead atoms. The summed E-state index contributed by atoms with van der Waals surface area (Å²) < 4.78 is 0. The van der Waals surface area contributed by atoms with E-state index in [4.69, 9.17) is 0 Å². The molecule has 3 aromatic carbocycles. The second kappa shape index (κ2) is 6.77. The highest BCUT2D eigenvalue weighted by Crippen LogP contribution is 2.42. The molecular weight excluding hydrogens is 322 g/mol. The quantitative estimate of drug-likeness (QED) is 0.778. The van der Waals surface area contributed by atoms with Crippen LogP contribution in [0.15, 0.2) is 91.0 Å². The molecule has 3 nitrogen and oxygen atoms in total. The van der Waals surface area contributed by atoms with Crippen molar-refractivity contribution in [2.75, 3.05) is 11.4 Å². The zero-order chi connectivity index (χ0) is 18.0. The van der Waals surface area contributed by atoms with E-state index < -0.39 is 11.5 Å². The van der Waals surface area contributed by atoms with E-state index in [1.165, 1.54) is 0 Å². The summed E-state index contributed by atoms with van der Waals surface area (Å²) in [4.78, 5) is 15.0. The molecule has 1 aliphatic rings. The van der Waals surface area contributed by atoms with Gasteiger partial charge in [-0.25, -0.2) is 0 Å². The van der Waals surface area contributed by atoms with Crippen molar-refractivity contribution in [2.24, 2.45) is 5.92 Å². The van der Waals surface area contributed by atoms with E-state index in [0.29, 0.717) is 13.0 Å². The van der Waals surface area contributed by atoms with Crippen molar-refractivity contribution in [3.63, 3.8) is 0 Å². The molecule has 1 unspecified atom stereocenters. The predicted octanol–water partition coefficient (Wildman–Crippen LogP) is 3.98. The Kier molecular flexibility index (Phi) is 4.31. The second-order valence-corrected chi connectivity index (χ2v) is 6.67. The Hall–Kier alpha value is -2.91. The Morgan fingerprint density at radius 1 is 0.769 bits per heavy atom. The Morgan fingerprint density at radius 2 is 1.23 bits per heavy atom. The van der Waals surface area contributed by atoms with Crippen LogP contribution in [0.25, 0.3) is 0 Å². The summed E-state index contributed by atoms with van der Waals surface area (Å²) in [5.74, 6) is -0.557. The van der Waals surface area contributed by atoms with Gasteiger partial charge in [-0.1, -0.05) is 78.9 Å². The van der Waals surface area contributed by atoms with Gasteiger partial charge in [0.1, 0.15) is 5.60 Å². The second-order valence-electron chi connectivity index (χ2n) is 6.67. The topological polar surface area (TPSA) is 40.5 Å². The van der Waals surface area contributed by atoms with Crippen LogP contribution in [0.4, 0.5) is 5.69 Å². The van der Waals surface area contributed by atoms with Crippen molar-refractivity contribution in [2.45, 2.75) is 12.0 Å². The predicted molar refractivity (Wildman–Crippen MR) is 103 cm³/mol. The highest BCUT2D eigenvalue weighted by atomic mass is 16.3. The van der Waals surface area contributed by atoms with Gasteiger partial charge in [-0.3, -0.25) is 4.79 Å². The lowest BCUT2D eigenvalue weighted by molar-refractivity contribution is -0.127. The third-order valence-corrected chi connectivity index (χ3v) is 5.21. The fourth-order valence-corrected chi connectivity index (χ4v) is 3.89. The number of carbonyl (C=O) groups is 1. The largest absolute Gasteiger partial charge is 0.380 e. The van der Waals surface area contributed by atoms with Crippen LogP contribution in [0.5, 0.6) is 0 Å². The van der Waals surface area contributed by atoms with E-state index in [-0.39, 0.29) is 5.91 Å². The van der Waals surface area contributed by atoms with Crippen LogP contribution < -0.4 is 4.90 Å². The van der Waals surface area contributed by atoms with Crippen LogP contribution in [0.2, 0.25) is 0 Å². The molecule has 0 aromatic heterocycles. The third kappa shape index (κ3) is 2.71. The van der Waals surface area contributed by atoms with Gasteiger partial charge in [0.15, 0.2) is 0 Å². The molecule has 0 aliphatic carbocycles. The van der Waals surface area contributed by atoms with Gasteiger partial charge in [-0.05, 0) is 29.7 Å². The first-order valence-electron chi connectivity index (χ1n) is 8.91. The molecule has 0 spiro atoms. The summed E-state index contributed by atoms with van der Waals surface area (Å²) >= 11 is 0. The van der Waals surface area contributed by atoms with E-state index in [2.05, 4.69) is 0 Å². The zero-order valence-corrected chi connectivity index (χ0v) is 14.5. The molecule has 0 saturated carbocycles. The number of anilines is 1. The normalized spacial score (nSPS) is 17.5. The molecule has 1 amide bonds. The molecule has 1 N–H and O–H groups in total. The van der Waals surface area contributed by atoms with Crippen LogP contribution >= 0.6 is 0 Å². The van der Waals surface area contributed by atoms with Gasteiger partial charge in [0.05, 0.1) is 5.92 Å². The van der Waals surface area contributed by atoms with Gasteiger partial charge in [-0.15, -0.1) is 0 Å².